The molecular formula is C17H22N6O2S. The smallest absolute Gasteiger partial charge is 0.316 e. The third-order valence-corrected chi connectivity index (χ3v) is 5.68. The Kier molecular flexibility index (Phi) is 4.49. The summed E-state index contributed by atoms with van der Waals surface area (Å²) in [5.41, 5.74) is 0.291. The zero-order valence-corrected chi connectivity index (χ0v) is 15.8. The normalized spacial score (nSPS) is 17.8. The van der Waals surface area contributed by atoms with Crippen molar-refractivity contribution < 1.29 is 0 Å². The fraction of sp³-hybridized carbons (Fsp3) is 0.529. The highest BCUT2D eigenvalue weighted by Crippen LogP contribution is 2.20. The standard InChI is InChI=1S/C17H22N6O2S/c1-3-21-15(12-5-4-6-18-8-12)20-23(17(21)25)10-13-7-14(24)22-9-11(2)26-16(22)19-13/h7,9,12,18H,3-6,8,10H2,1-2H3. The Morgan fingerprint density at radius 1 is 1.38 bits per heavy atom. The first-order valence-corrected chi connectivity index (χ1v) is 9.75. The van der Waals surface area contributed by atoms with Crippen LogP contribution in [0.25, 0.3) is 4.96 Å². The van der Waals surface area contributed by atoms with E-state index in [1.54, 1.807) is 10.8 Å². The number of rotatable bonds is 4. The highest BCUT2D eigenvalue weighted by atomic mass is 32.1. The van der Waals surface area contributed by atoms with Crippen LogP contribution in [0.4, 0.5) is 0 Å². The molecule has 1 fully saturated rings. The predicted molar refractivity (Wildman–Crippen MR) is 100 cm³/mol. The predicted octanol–water partition coefficient (Wildman–Crippen LogP) is 0.958. The van der Waals surface area contributed by atoms with Crippen molar-refractivity contribution in [1.82, 2.24) is 29.0 Å². The van der Waals surface area contributed by atoms with Gasteiger partial charge in [-0.1, -0.05) is 0 Å². The average molecular weight is 374 g/mol. The molecule has 26 heavy (non-hydrogen) atoms. The molecule has 3 aromatic heterocycles. The van der Waals surface area contributed by atoms with E-state index in [-0.39, 0.29) is 23.7 Å². The van der Waals surface area contributed by atoms with Crippen LogP contribution < -0.4 is 16.6 Å². The molecule has 0 spiro atoms. The van der Waals surface area contributed by atoms with Crippen LogP contribution >= 0.6 is 11.3 Å². The van der Waals surface area contributed by atoms with Crippen LogP contribution in [-0.2, 0) is 13.1 Å². The number of hydrogen-bond acceptors (Lipinski definition) is 6. The summed E-state index contributed by atoms with van der Waals surface area (Å²) in [6.45, 7) is 6.55. The molecule has 1 aliphatic rings. The van der Waals surface area contributed by atoms with Gasteiger partial charge in [0.1, 0.15) is 5.82 Å². The van der Waals surface area contributed by atoms with Gasteiger partial charge in [-0.3, -0.25) is 13.8 Å². The van der Waals surface area contributed by atoms with Crippen molar-refractivity contribution in [2.75, 3.05) is 13.1 Å². The number of thiazole rings is 1. The van der Waals surface area contributed by atoms with Gasteiger partial charge in [-0.05, 0) is 33.2 Å². The molecule has 0 saturated carbocycles. The second-order valence-corrected chi connectivity index (χ2v) is 7.88. The number of nitrogens with zero attached hydrogens (tertiary/aromatic N) is 5. The van der Waals surface area contributed by atoms with Crippen LogP contribution in [0.3, 0.4) is 0 Å². The molecule has 1 N–H and O–H groups in total. The number of fused-ring (bicyclic) bond motifs is 1. The Hall–Kier alpha value is -2.26. The molecule has 0 amide bonds. The summed E-state index contributed by atoms with van der Waals surface area (Å²) in [6.07, 6.45) is 3.90. The van der Waals surface area contributed by atoms with Crippen LogP contribution in [0.5, 0.6) is 0 Å². The SMILES string of the molecule is CCn1c(C2CCCNC2)nn(Cc2cc(=O)n3cc(C)sc3n2)c1=O. The van der Waals surface area contributed by atoms with Crippen LogP contribution in [0.1, 0.15) is 42.1 Å². The highest BCUT2D eigenvalue weighted by Gasteiger charge is 2.23. The Labute approximate surface area is 154 Å². The van der Waals surface area contributed by atoms with E-state index in [0.29, 0.717) is 17.2 Å². The van der Waals surface area contributed by atoms with Crippen LogP contribution in [0, 0.1) is 6.92 Å². The van der Waals surface area contributed by atoms with Gasteiger partial charge in [0.15, 0.2) is 4.96 Å². The van der Waals surface area contributed by atoms with Gasteiger partial charge in [0.25, 0.3) is 5.56 Å². The van der Waals surface area contributed by atoms with Gasteiger partial charge in [0.05, 0.1) is 12.2 Å². The second kappa shape index (κ2) is 6.81. The van der Waals surface area contributed by atoms with E-state index < -0.39 is 0 Å². The lowest BCUT2D eigenvalue weighted by Crippen LogP contribution is -2.31. The number of aryl methyl sites for hydroxylation is 1. The zero-order chi connectivity index (χ0) is 18.3. The van der Waals surface area contributed by atoms with Crippen molar-refractivity contribution in [2.24, 2.45) is 0 Å². The molecule has 138 valence electrons. The highest BCUT2D eigenvalue weighted by molar-refractivity contribution is 7.16. The Balaban J connectivity index is 1.71. The zero-order valence-electron chi connectivity index (χ0n) is 14.9. The van der Waals surface area contributed by atoms with E-state index in [1.165, 1.54) is 26.5 Å². The third-order valence-electron chi connectivity index (χ3n) is 4.78. The summed E-state index contributed by atoms with van der Waals surface area (Å²) in [6, 6.07) is 1.48. The number of aromatic nitrogens is 5. The first-order valence-electron chi connectivity index (χ1n) is 8.93. The van der Waals surface area contributed by atoms with Gasteiger partial charge in [-0.2, -0.15) is 5.10 Å². The van der Waals surface area contributed by atoms with Crippen molar-refractivity contribution in [3.8, 4) is 0 Å². The van der Waals surface area contributed by atoms with Crippen LogP contribution in [0.2, 0.25) is 0 Å². The Morgan fingerprint density at radius 2 is 2.23 bits per heavy atom. The summed E-state index contributed by atoms with van der Waals surface area (Å²) < 4.78 is 4.71. The summed E-state index contributed by atoms with van der Waals surface area (Å²) in [7, 11) is 0. The van der Waals surface area contributed by atoms with Crippen molar-refractivity contribution >= 4 is 16.3 Å². The van der Waals surface area contributed by atoms with Gasteiger partial charge in [-0.15, -0.1) is 11.3 Å². The van der Waals surface area contributed by atoms with Gasteiger partial charge in [-0.25, -0.2) is 14.5 Å². The number of hydrogen-bond donors (Lipinski definition) is 1. The van der Waals surface area contributed by atoms with Crippen molar-refractivity contribution in [3.63, 3.8) is 0 Å². The fourth-order valence-electron chi connectivity index (χ4n) is 3.53. The van der Waals surface area contributed by atoms with Gasteiger partial charge in [0, 0.05) is 36.1 Å². The largest absolute Gasteiger partial charge is 0.346 e. The molecule has 3 aromatic rings. The lowest BCUT2D eigenvalue weighted by atomic mass is 9.99. The van der Waals surface area contributed by atoms with Crippen molar-refractivity contribution in [3.05, 3.63) is 49.5 Å². The van der Waals surface area contributed by atoms with Crippen molar-refractivity contribution in [1.29, 1.82) is 0 Å². The summed E-state index contributed by atoms with van der Waals surface area (Å²) >= 11 is 1.46. The van der Waals surface area contributed by atoms with Gasteiger partial charge in [0.2, 0.25) is 0 Å². The maximum absolute atomic E-state index is 12.8. The lowest BCUT2D eigenvalue weighted by Gasteiger charge is -2.21. The van der Waals surface area contributed by atoms with Crippen LogP contribution in [-0.4, -0.2) is 36.8 Å². The molecule has 4 heterocycles. The Morgan fingerprint density at radius 3 is 2.96 bits per heavy atom. The maximum Gasteiger partial charge on any atom is 0.346 e. The first kappa shape index (κ1) is 17.2. The van der Waals surface area contributed by atoms with Gasteiger partial charge >= 0.3 is 5.69 Å². The van der Waals surface area contributed by atoms with Crippen LogP contribution in [0.15, 0.2) is 21.9 Å². The van der Waals surface area contributed by atoms with E-state index in [9.17, 15) is 9.59 Å². The van der Waals surface area contributed by atoms with E-state index in [0.717, 1.165) is 36.6 Å². The number of piperidine rings is 1. The molecule has 0 aromatic carbocycles. The average Bonchev–Trinajstić information content (AvgIpc) is 3.16. The van der Waals surface area contributed by atoms with Gasteiger partial charge < -0.3 is 5.32 Å². The quantitative estimate of drug-likeness (QED) is 0.735. The van der Waals surface area contributed by atoms with E-state index in [1.807, 2.05) is 13.8 Å². The molecule has 4 rings (SSSR count). The minimum Gasteiger partial charge on any atom is -0.316 e. The molecule has 0 radical (unpaired) electrons. The fourth-order valence-corrected chi connectivity index (χ4v) is 4.38. The monoisotopic (exact) mass is 374 g/mol. The van der Waals surface area contributed by atoms with Crippen molar-refractivity contribution in [2.45, 2.75) is 45.7 Å². The third kappa shape index (κ3) is 3.01. The van der Waals surface area contributed by atoms with E-state index >= 15 is 0 Å². The molecular weight excluding hydrogens is 352 g/mol. The topological polar surface area (TPSA) is 86.2 Å². The number of nitrogens with one attached hydrogen (secondary N) is 1. The summed E-state index contributed by atoms with van der Waals surface area (Å²) in [4.78, 5) is 31.2. The molecule has 8 nitrogen and oxygen atoms in total. The van der Waals surface area contributed by atoms with E-state index in [2.05, 4.69) is 15.4 Å². The molecule has 1 atom stereocenters. The molecule has 0 bridgehead atoms. The maximum atomic E-state index is 12.8. The Bertz CT molecular complexity index is 1050. The molecule has 1 saturated heterocycles. The molecule has 1 aliphatic heterocycles. The molecule has 1 unspecified atom stereocenters. The summed E-state index contributed by atoms with van der Waals surface area (Å²) in [5.74, 6) is 1.08. The second-order valence-electron chi connectivity index (χ2n) is 6.67. The molecule has 0 aliphatic carbocycles. The minimum absolute atomic E-state index is 0.131. The molecule has 9 heteroatoms. The first-order chi connectivity index (χ1) is 12.6. The minimum atomic E-state index is -0.141. The summed E-state index contributed by atoms with van der Waals surface area (Å²) in [5, 5.41) is 7.97. The lowest BCUT2D eigenvalue weighted by molar-refractivity contribution is 0.431. The van der Waals surface area contributed by atoms with E-state index in [4.69, 9.17) is 0 Å².